The number of aromatic nitrogens is 2. The van der Waals surface area contributed by atoms with Crippen LogP contribution in [-0.2, 0) is 9.53 Å². The van der Waals surface area contributed by atoms with E-state index in [1.54, 1.807) is 12.3 Å². The highest BCUT2D eigenvalue weighted by Crippen LogP contribution is 2.32. The summed E-state index contributed by atoms with van der Waals surface area (Å²) in [7, 11) is 0. The van der Waals surface area contributed by atoms with Crippen LogP contribution in [0.1, 0.15) is 24.6 Å². The van der Waals surface area contributed by atoms with Crippen LogP contribution in [0.4, 0.5) is 0 Å². The minimum Gasteiger partial charge on any atom is -0.481 e. The third-order valence-electron chi connectivity index (χ3n) is 2.47. The van der Waals surface area contributed by atoms with Crippen molar-refractivity contribution in [1.29, 1.82) is 0 Å². The number of carboxylic acid groups (broad SMARTS) is 1. The summed E-state index contributed by atoms with van der Waals surface area (Å²) in [6, 6.07) is 1.76. The smallest absolute Gasteiger partial charge is 0.309 e. The van der Waals surface area contributed by atoms with Crippen LogP contribution in [0.25, 0.3) is 0 Å². The van der Waals surface area contributed by atoms with Gasteiger partial charge < -0.3 is 9.84 Å². The summed E-state index contributed by atoms with van der Waals surface area (Å²) in [6.07, 6.45) is 2.70. The molecule has 5 nitrogen and oxygen atoms in total. The van der Waals surface area contributed by atoms with E-state index in [4.69, 9.17) is 9.84 Å². The molecule has 0 aliphatic carbocycles. The molecule has 1 fully saturated rings. The van der Waals surface area contributed by atoms with Crippen molar-refractivity contribution in [2.45, 2.75) is 18.9 Å². The van der Waals surface area contributed by atoms with Crippen molar-refractivity contribution >= 4 is 5.97 Å². The second-order valence-corrected chi connectivity index (χ2v) is 3.39. The summed E-state index contributed by atoms with van der Waals surface area (Å²) < 4.78 is 5.44. The Kier molecular flexibility index (Phi) is 2.49. The Labute approximate surface area is 81.1 Å². The van der Waals surface area contributed by atoms with Crippen molar-refractivity contribution in [3.63, 3.8) is 0 Å². The largest absolute Gasteiger partial charge is 0.481 e. The third-order valence-corrected chi connectivity index (χ3v) is 2.47. The lowest BCUT2D eigenvalue weighted by molar-refractivity contribution is -0.152. The number of carbonyl (C=O) groups is 1. The molecule has 1 aromatic rings. The molecule has 2 heterocycles. The molecule has 0 amide bonds. The molecule has 14 heavy (non-hydrogen) atoms. The summed E-state index contributed by atoms with van der Waals surface area (Å²) in [6.45, 7) is 0.619. The van der Waals surface area contributed by atoms with Gasteiger partial charge in [-0.15, -0.1) is 0 Å². The molecule has 0 bridgehead atoms. The molecule has 2 N–H and O–H groups in total. The Hall–Kier alpha value is -1.36. The van der Waals surface area contributed by atoms with Crippen molar-refractivity contribution in [3.05, 3.63) is 18.0 Å². The minimum absolute atomic E-state index is 0.372. The first-order valence-electron chi connectivity index (χ1n) is 4.62. The Morgan fingerprint density at radius 1 is 1.71 bits per heavy atom. The summed E-state index contributed by atoms with van der Waals surface area (Å²) in [5, 5.41) is 15.5. The Morgan fingerprint density at radius 2 is 2.57 bits per heavy atom. The standard InChI is InChI=1S/C9H12N2O3/c12-9(13)6-2-1-5-14-8(6)7-3-4-10-11-7/h3-4,6,8H,1-2,5H2,(H,10,11)(H,12,13)/t6-,8+/m0/s1. The fourth-order valence-electron chi connectivity index (χ4n) is 1.77. The van der Waals surface area contributed by atoms with Crippen LogP contribution >= 0.6 is 0 Å². The van der Waals surface area contributed by atoms with Crippen molar-refractivity contribution in [1.82, 2.24) is 10.2 Å². The Morgan fingerprint density at radius 3 is 3.21 bits per heavy atom. The minimum atomic E-state index is -0.802. The summed E-state index contributed by atoms with van der Waals surface area (Å²) in [5.74, 6) is -1.26. The second kappa shape index (κ2) is 3.79. The predicted molar refractivity (Wildman–Crippen MR) is 47.6 cm³/mol. The first-order chi connectivity index (χ1) is 6.79. The van der Waals surface area contributed by atoms with E-state index in [2.05, 4.69) is 10.2 Å². The van der Waals surface area contributed by atoms with E-state index in [1.165, 1.54) is 0 Å². The van der Waals surface area contributed by atoms with Crippen molar-refractivity contribution in [2.24, 2.45) is 5.92 Å². The van der Waals surface area contributed by atoms with Gasteiger partial charge in [0, 0.05) is 12.8 Å². The molecule has 0 aromatic carbocycles. The Balaban J connectivity index is 2.18. The molecule has 0 unspecified atom stereocenters. The van der Waals surface area contributed by atoms with E-state index in [9.17, 15) is 4.79 Å². The molecule has 1 saturated heterocycles. The molecular weight excluding hydrogens is 184 g/mol. The van der Waals surface area contributed by atoms with Crippen LogP contribution in [0.5, 0.6) is 0 Å². The van der Waals surface area contributed by atoms with E-state index in [0.717, 1.165) is 12.1 Å². The lowest BCUT2D eigenvalue weighted by Crippen LogP contribution is -2.29. The summed E-state index contributed by atoms with van der Waals surface area (Å²) >= 11 is 0. The number of rotatable bonds is 2. The first-order valence-corrected chi connectivity index (χ1v) is 4.62. The first kappa shape index (κ1) is 9.21. The lowest BCUT2D eigenvalue weighted by atomic mass is 9.92. The van der Waals surface area contributed by atoms with Gasteiger partial charge in [-0.1, -0.05) is 0 Å². The maximum Gasteiger partial charge on any atom is 0.309 e. The van der Waals surface area contributed by atoms with Gasteiger partial charge in [-0.2, -0.15) is 5.10 Å². The lowest BCUT2D eigenvalue weighted by Gasteiger charge is -2.27. The molecule has 1 aliphatic heterocycles. The quantitative estimate of drug-likeness (QED) is 0.738. The number of hydrogen-bond donors (Lipinski definition) is 2. The molecule has 1 aliphatic rings. The molecule has 0 radical (unpaired) electrons. The zero-order chi connectivity index (χ0) is 9.97. The number of hydrogen-bond acceptors (Lipinski definition) is 3. The molecular formula is C9H12N2O3. The summed E-state index contributed by atoms with van der Waals surface area (Å²) in [5.41, 5.74) is 0.747. The van der Waals surface area contributed by atoms with Crippen molar-refractivity contribution in [3.8, 4) is 0 Å². The van der Waals surface area contributed by atoms with E-state index in [-0.39, 0.29) is 6.10 Å². The summed E-state index contributed by atoms with van der Waals surface area (Å²) in [4.78, 5) is 10.9. The van der Waals surface area contributed by atoms with Gasteiger partial charge in [0.25, 0.3) is 0 Å². The molecule has 2 rings (SSSR count). The van der Waals surface area contributed by atoms with Crippen molar-refractivity contribution < 1.29 is 14.6 Å². The highest BCUT2D eigenvalue weighted by molar-refractivity contribution is 5.71. The van der Waals surface area contributed by atoms with Crippen LogP contribution in [-0.4, -0.2) is 27.9 Å². The van der Waals surface area contributed by atoms with E-state index < -0.39 is 11.9 Å². The highest BCUT2D eigenvalue weighted by atomic mass is 16.5. The fraction of sp³-hybridized carbons (Fsp3) is 0.556. The number of aromatic amines is 1. The predicted octanol–water partition coefficient (Wildman–Crippen LogP) is 0.962. The van der Waals surface area contributed by atoms with Crippen LogP contribution in [0, 0.1) is 5.92 Å². The topological polar surface area (TPSA) is 75.2 Å². The van der Waals surface area contributed by atoms with Gasteiger partial charge in [0.15, 0.2) is 0 Å². The van der Waals surface area contributed by atoms with E-state index >= 15 is 0 Å². The number of ether oxygens (including phenoxy) is 1. The zero-order valence-electron chi connectivity index (χ0n) is 7.64. The van der Waals surface area contributed by atoms with Crippen LogP contribution in [0.2, 0.25) is 0 Å². The van der Waals surface area contributed by atoms with E-state index in [0.29, 0.717) is 13.0 Å². The Bertz CT molecular complexity index is 310. The van der Waals surface area contributed by atoms with Gasteiger partial charge >= 0.3 is 5.97 Å². The fourth-order valence-corrected chi connectivity index (χ4v) is 1.77. The van der Waals surface area contributed by atoms with Crippen molar-refractivity contribution in [2.75, 3.05) is 6.61 Å². The molecule has 2 atom stereocenters. The maximum atomic E-state index is 10.9. The molecule has 5 heteroatoms. The average molecular weight is 196 g/mol. The normalized spacial score (nSPS) is 27.4. The highest BCUT2D eigenvalue weighted by Gasteiger charge is 2.33. The maximum absolute atomic E-state index is 10.9. The van der Waals surface area contributed by atoms with Crippen LogP contribution < -0.4 is 0 Å². The molecule has 0 saturated carbocycles. The number of aliphatic carboxylic acids is 1. The molecule has 76 valence electrons. The number of nitrogens with zero attached hydrogens (tertiary/aromatic N) is 1. The zero-order valence-corrected chi connectivity index (χ0v) is 7.64. The van der Waals surface area contributed by atoms with Gasteiger partial charge in [-0.05, 0) is 18.9 Å². The monoisotopic (exact) mass is 196 g/mol. The second-order valence-electron chi connectivity index (χ2n) is 3.39. The van der Waals surface area contributed by atoms with Gasteiger partial charge in [-0.3, -0.25) is 9.89 Å². The van der Waals surface area contributed by atoms with Gasteiger partial charge in [0.05, 0.1) is 11.6 Å². The number of H-pyrrole nitrogens is 1. The molecule has 1 aromatic heterocycles. The third kappa shape index (κ3) is 1.63. The number of nitrogens with one attached hydrogen (secondary N) is 1. The van der Waals surface area contributed by atoms with Gasteiger partial charge in [0.2, 0.25) is 0 Å². The van der Waals surface area contributed by atoms with Crippen LogP contribution in [0.15, 0.2) is 12.3 Å². The van der Waals surface area contributed by atoms with Gasteiger partial charge in [-0.25, -0.2) is 0 Å². The van der Waals surface area contributed by atoms with E-state index in [1.807, 2.05) is 0 Å². The van der Waals surface area contributed by atoms with Crippen LogP contribution in [0.3, 0.4) is 0 Å². The molecule has 0 spiro atoms. The average Bonchev–Trinajstić information content (AvgIpc) is 2.70. The SMILES string of the molecule is O=C(O)[C@H]1CCCO[C@H]1c1ccn[nH]1. The number of carboxylic acids is 1. The van der Waals surface area contributed by atoms with Gasteiger partial charge in [0.1, 0.15) is 6.10 Å².